The fraction of sp³-hybridized carbons (Fsp3) is 0.286. The maximum absolute atomic E-state index is 4.50. The molecule has 6 nitrogen and oxygen atoms in total. The van der Waals surface area contributed by atoms with Crippen molar-refractivity contribution in [2.75, 3.05) is 11.4 Å². The van der Waals surface area contributed by atoms with Crippen LogP contribution in [0.25, 0.3) is 11.0 Å². The van der Waals surface area contributed by atoms with Crippen LogP contribution in [0.5, 0.6) is 0 Å². The van der Waals surface area contributed by atoms with Gasteiger partial charge in [0.2, 0.25) is 0 Å². The quantitative estimate of drug-likeness (QED) is 0.769. The second-order valence-electron chi connectivity index (χ2n) is 4.94. The van der Waals surface area contributed by atoms with E-state index in [1.54, 1.807) is 12.5 Å². The molecule has 0 aliphatic carbocycles. The van der Waals surface area contributed by atoms with Crippen LogP contribution >= 0.6 is 0 Å². The smallest absolute Gasteiger partial charge is 0.160 e. The Kier molecular flexibility index (Phi) is 2.58. The van der Waals surface area contributed by atoms with Crippen molar-refractivity contribution >= 4 is 16.9 Å². The lowest BCUT2D eigenvalue weighted by atomic mass is 10.1. The van der Waals surface area contributed by atoms with Crippen LogP contribution in [0, 0.1) is 0 Å². The van der Waals surface area contributed by atoms with Crippen LogP contribution in [-0.4, -0.2) is 31.7 Å². The molecule has 100 valence electrons. The van der Waals surface area contributed by atoms with Gasteiger partial charge in [0.25, 0.3) is 0 Å². The molecular formula is C14H14N6. The van der Waals surface area contributed by atoms with E-state index in [9.17, 15) is 0 Å². The molecule has 0 aromatic carbocycles. The Morgan fingerprint density at radius 1 is 1.20 bits per heavy atom. The number of H-pyrrole nitrogens is 1. The molecule has 3 aromatic rings. The molecule has 0 bridgehead atoms. The minimum absolute atomic E-state index is 0.282. The molecule has 20 heavy (non-hydrogen) atoms. The average Bonchev–Trinajstić information content (AvgIpc) is 3.16. The molecule has 1 saturated heterocycles. The summed E-state index contributed by atoms with van der Waals surface area (Å²) < 4.78 is 0. The molecule has 4 heterocycles. The van der Waals surface area contributed by atoms with E-state index >= 15 is 0 Å². The second kappa shape index (κ2) is 4.56. The topological polar surface area (TPSA) is 70.6 Å². The fourth-order valence-electron chi connectivity index (χ4n) is 2.88. The van der Waals surface area contributed by atoms with Gasteiger partial charge in [0, 0.05) is 12.7 Å². The summed E-state index contributed by atoms with van der Waals surface area (Å²) in [5, 5.41) is 7.92. The summed E-state index contributed by atoms with van der Waals surface area (Å²) in [6.07, 6.45) is 7.46. The predicted octanol–water partition coefficient (Wildman–Crippen LogP) is 2.09. The van der Waals surface area contributed by atoms with E-state index in [1.807, 2.05) is 18.3 Å². The fourth-order valence-corrected chi connectivity index (χ4v) is 2.88. The molecule has 1 atom stereocenters. The predicted molar refractivity (Wildman–Crippen MR) is 75.2 cm³/mol. The Balaban J connectivity index is 1.79. The Labute approximate surface area is 115 Å². The van der Waals surface area contributed by atoms with E-state index < -0.39 is 0 Å². The van der Waals surface area contributed by atoms with Crippen LogP contribution in [0.3, 0.4) is 0 Å². The van der Waals surface area contributed by atoms with Gasteiger partial charge in [0.05, 0.1) is 23.3 Å². The molecule has 1 aliphatic heterocycles. The zero-order valence-electron chi connectivity index (χ0n) is 10.9. The van der Waals surface area contributed by atoms with Gasteiger partial charge in [0.1, 0.15) is 12.1 Å². The second-order valence-corrected chi connectivity index (χ2v) is 4.94. The third-order valence-electron chi connectivity index (χ3n) is 3.78. The number of fused-ring (bicyclic) bond motifs is 1. The van der Waals surface area contributed by atoms with Crippen molar-refractivity contribution in [2.24, 2.45) is 0 Å². The van der Waals surface area contributed by atoms with Crippen molar-refractivity contribution in [1.29, 1.82) is 0 Å². The summed E-state index contributed by atoms with van der Waals surface area (Å²) in [5.74, 6) is 0.942. The highest BCUT2D eigenvalue weighted by atomic mass is 15.3. The summed E-state index contributed by atoms with van der Waals surface area (Å²) in [6.45, 7) is 0.985. The largest absolute Gasteiger partial charge is 0.347 e. The molecule has 0 unspecified atom stereocenters. The molecule has 1 aliphatic rings. The highest BCUT2D eigenvalue weighted by Gasteiger charge is 2.29. The standard InChI is InChI=1S/C14H14N6/c1-2-6-15-11(4-1)12-5-3-7-20(12)14-10-8-18-19-13(10)16-9-17-14/h1-2,4,6,8-9,12H,3,5,7H2,(H,16,17,18,19)/t12-/m0/s1. The van der Waals surface area contributed by atoms with E-state index in [1.165, 1.54) is 0 Å². The van der Waals surface area contributed by atoms with Crippen LogP contribution in [0.15, 0.2) is 36.9 Å². The molecule has 1 N–H and O–H groups in total. The van der Waals surface area contributed by atoms with Crippen LogP contribution in [0.2, 0.25) is 0 Å². The van der Waals surface area contributed by atoms with Gasteiger partial charge in [0.15, 0.2) is 5.65 Å². The van der Waals surface area contributed by atoms with Gasteiger partial charge in [-0.3, -0.25) is 10.1 Å². The van der Waals surface area contributed by atoms with Crippen molar-refractivity contribution in [3.8, 4) is 0 Å². The van der Waals surface area contributed by atoms with Crippen LogP contribution in [0.1, 0.15) is 24.6 Å². The van der Waals surface area contributed by atoms with Crippen molar-refractivity contribution in [3.63, 3.8) is 0 Å². The number of nitrogens with zero attached hydrogens (tertiary/aromatic N) is 5. The van der Waals surface area contributed by atoms with Gasteiger partial charge in [-0.2, -0.15) is 5.10 Å². The number of pyridine rings is 1. The molecule has 0 radical (unpaired) electrons. The summed E-state index contributed by atoms with van der Waals surface area (Å²) in [6, 6.07) is 6.34. The minimum Gasteiger partial charge on any atom is -0.347 e. The monoisotopic (exact) mass is 266 g/mol. The first-order valence-electron chi connectivity index (χ1n) is 6.75. The third kappa shape index (κ3) is 1.72. The Morgan fingerprint density at radius 2 is 2.20 bits per heavy atom. The van der Waals surface area contributed by atoms with Gasteiger partial charge in [-0.05, 0) is 25.0 Å². The lowest BCUT2D eigenvalue weighted by molar-refractivity contribution is 0.689. The molecule has 0 spiro atoms. The van der Waals surface area contributed by atoms with Gasteiger partial charge >= 0.3 is 0 Å². The molecule has 6 heteroatoms. The average molecular weight is 266 g/mol. The third-order valence-corrected chi connectivity index (χ3v) is 3.78. The number of hydrogen-bond donors (Lipinski definition) is 1. The Bertz CT molecular complexity index is 723. The van der Waals surface area contributed by atoms with Gasteiger partial charge in [-0.15, -0.1) is 0 Å². The number of hydrogen-bond acceptors (Lipinski definition) is 5. The lowest BCUT2D eigenvalue weighted by Crippen LogP contribution is -2.24. The van der Waals surface area contributed by atoms with Gasteiger partial charge in [-0.25, -0.2) is 9.97 Å². The molecule has 3 aromatic heterocycles. The van der Waals surface area contributed by atoms with E-state index in [0.29, 0.717) is 0 Å². The normalized spacial score (nSPS) is 18.8. The van der Waals surface area contributed by atoms with E-state index in [0.717, 1.165) is 41.9 Å². The SMILES string of the molecule is c1ccc([C@@H]2CCCN2c2ncnc3[nH]ncc23)nc1. The summed E-state index contributed by atoms with van der Waals surface area (Å²) in [7, 11) is 0. The Morgan fingerprint density at radius 3 is 3.10 bits per heavy atom. The lowest BCUT2D eigenvalue weighted by Gasteiger charge is -2.25. The number of anilines is 1. The number of nitrogens with one attached hydrogen (secondary N) is 1. The number of aromatic nitrogens is 5. The van der Waals surface area contributed by atoms with Crippen LogP contribution in [0.4, 0.5) is 5.82 Å². The molecule has 4 rings (SSSR count). The summed E-state index contributed by atoms with van der Waals surface area (Å²) in [5.41, 5.74) is 1.88. The molecule has 1 fully saturated rings. The number of rotatable bonds is 2. The molecule has 0 amide bonds. The highest BCUT2D eigenvalue weighted by molar-refractivity contribution is 5.86. The summed E-state index contributed by atoms with van der Waals surface area (Å²) in [4.78, 5) is 15.5. The van der Waals surface area contributed by atoms with E-state index in [4.69, 9.17) is 0 Å². The summed E-state index contributed by atoms with van der Waals surface area (Å²) >= 11 is 0. The van der Waals surface area contributed by atoms with Gasteiger partial charge < -0.3 is 4.90 Å². The maximum Gasteiger partial charge on any atom is 0.160 e. The first-order chi connectivity index (χ1) is 9.93. The maximum atomic E-state index is 4.50. The van der Waals surface area contributed by atoms with Gasteiger partial charge in [-0.1, -0.05) is 6.07 Å². The van der Waals surface area contributed by atoms with E-state index in [-0.39, 0.29) is 6.04 Å². The van der Waals surface area contributed by atoms with Crippen molar-refractivity contribution in [2.45, 2.75) is 18.9 Å². The first kappa shape index (κ1) is 11.3. The Hall–Kier alpha value is -2.50. The van der Waals surface area contributed by atoms with Crippen molar-refractivity contribution < 1.29 is 0 Å². The number of aromatic amines is 1. The highest BCUT2D eigenvalue weighted by Crippen LogP contribution is 2.36. The minimum atomic E-state index is 0.282. The van der Waals surface area contributed by atoms with Crippen LogP contribution in [-0.2, 0) is 0 Å². The van der Waals surface area contributed by atoms with Crippen LogP contribution < -0.4 is 4.90 Å². The molecule has 0 saturated carbocycles. The van der Waals surface area contributed by atoms with Crippen molar-refractivity contribution in [1.82, 2.24) is 25.1 Å². The first-order valence-corrected chi connectivity index (χ1v) is 6.75. The van der Waals surface area contributed by atoms with E-state index in [2.05, 4.69) is 36.1 Å². The molecular weight excluding hydrogens is 252 g/mol. The zero-order chi connectivity index (χ0) is 13.4. The zero-order valence-corrected chi connectivity index (χ0v) is 10.9. The van der Waals surface area contributed by atoms with Crippen molar-refractivity contribution in [3.05, 3.63) is 42.6 Å².